The molecule has 2 aromatic rings. The number of anilines is 1. The van der Waals surface area contributed by atoms with Gasteiger partial charge in [0.05, 0.1) is 17.6 Å². The highest BCUT2D eigenvalue weighted by molar-refractivity contribution is 5.97. The average Bonchev–Trinajstić information content (AvgIpc) is 2.72. The fraction of sp³-hybridized carbons (Fsp3) is 0.364. The van der Waals surface area contributed by atoms with Crippen molar-refractivity contribution in [3.63, 3.8) is 0 Å². The Bertz CT molecular complexity index is 860. The first-order valence-corrected chi connectivity index (χ1v) is 9.63. The second-order valence-corrected chi connectivity index (χ2v) is 7.22. The SMILES string of the molecule is CCC1Oc2cc(C(C)NC(=O)C(C)C(N)c3ccccc3)ccc2NC1=O.Cl. The third-order valence-electron chi connectivity index (χ3n) is 5.19. The fourth-order valence-electron chi connectivity index (χ4n) is 3.25. The molecule has 0 aromatic heterocycles. The lowest BCUT2D eigenvalue weighted by Crippen LogP contribution is -2.37. The van der Waals surface area contributed by atoms with Gasteiger partial charge >= 0.3 is 0 Å². The molecule has 2 aromatic carbocycles. The van der Waals surface area contributed by atoms with Crippen LogP contribution in [0.3, 0.4) is 0 Å². The number of halogens is 1. The molecular weight excluding hydrogens is 390 g/mol. The number of nitrogens with two attached hydrogens (primary N) is 1. The van der Waals surface area contributed by atoms with E-state index >= 15 is 0 Å². The lowest BCUT2D eigenvalue weighted by Gasteiger charge is -2.27. The van der Waals surface area contributed by atoms with Gasteiger partial charge in [-0.15, -0.1) is 12.4 Å². The van der Waals surface area contributed by atoms with Gasteiger partial charge in [0.2, 0.25) is 5.91 Å². The van der Waals surface area contributed by atoms with Crippen LogP contribution in [0.25, 0.3) is 0 Å². The first-order chi connectivity index (χ1) is 13.4. The molecule has 0 aliphatic carbocycles. The largest absolute Gasteiger partial charge is 0.478 e. The first-order valence-electron chi connectivity index (χ1n) is 9.63. The predicted octanol–water partition coefficient (Wildman–Crippen LogP) is 3.73. The van der Waals surface area contributed by atoms with Crippen LogP contribution in [0.4, 0.5) is 5.69 Å². The van der Waals surface area contributed by atoms with Crippen molar-refractivity contribution in [3.8, 4) is 5.75 Å². The van der Waals surface area contributed by atoms with Crippen LogP contribution >= 0.6 is 12.4 Å². The maximum Gasteiger partial charge on any atom is 0.265 e. The van der Waals surface area contributed by atoms with Crippen molar-refractivity contribution < 1.29 is 14.3 Å². The molecule has 156 valence electrons. The minimum atomic E-state index is -0.489. The third-order valence-corrected chi connectivity index (χ3v) is 5.19. The van der Waals surface area contributed by atoms with Gasteiger partial charge < -0.3 is 21.1 Å². The highest BCUT2D eigenvalue weighted by Crippen LogP contribution is 2.33. The minimum Gasteiger partial charge on any atom is -0.478 e. The van der Waals surface area contributed by atoms with Gasteiger partial charge in [0.1, 0.15) is 5.75 Å². The van der Waals surface area contributed by atoms with Crippen LogP contribution in [0.2, 0.25) is 0 Å². The van der Waals surface area contributed by atoms with Crippen LogP contribution in [-0.4, -0.2) is 17.9 Å². The molecule has 1 aliphatic rings. The topological polar surface area (TPSA) is 93.4 Å². The van der Waals surface area contributed by atoms with Crippen LogP contribution in [0.15, 0.2) is 48.5 Å². The van der Waals surface area contributed by atoms with Gasteiger partial charge in [-0.3, -0.25) is 9.59 Å². The van der Waals surface area contributed by atoms with E-state index in [0.29, 0.717) is 17.9 Å². The summed E-state index contributed by atoms with van der Waals surface area (Å²) in [7, 11) is 0. The molecule has 7 heteroatoms. The van der Waals surface area contributed by atoms with Crippen molar-refractivity contribution in [3.05, 3.63) is 59.7 Å². The van der Waals surface area contributed by atoms with E-state index in [0.717, 1.165) is 11.1 Å². The molecule has 4 atom stereocenters. The Hall–Kier alpha value is -2.57. The standard InChI is InChI=1S/C22H27N3O3.ClH/c1-4-18-22(27)25-17-11-10-16(12-19(17)28-18)14(3)24-21(26)13(2)20(23)15-8-6-5-7-9-15;/h5-14,18,20H,4,23H2,1-3H3,(H,24,26)(H,25,27);1H. The van der Waals surface area contributed by atoms with Gasteiger partial charge in [-0.25, -0.2) is 0 Å². The summed E-state index contributed by atoms with van der Waals surface area (Å²) in [5, 5.41) is 5.88. The summed E-state index contributed by atoms with van der Waals surface area (Å²) < 4.78 is 5.79. The summed E-state index contributed by atoms with van der Waals surface area (Å²) in [4.78, 5) is 24.6. The lowest BCUT2D eigenvalue weighted by atomic mass is 9.94. The van der Waals surface area contributed by atoms with Crippen LogP contribution in [0.5, 0.6) is 5.75 Å². The van der Waals surface area contributed by atoms with E-state index in [4.69, 9.17) is 10.5 Å². The quantitative estimate of drug-likeness (QED) is 0.667. The monoisotopic (exact) mass is 417 g/mol. The van der Waals surface area contributed by atoms with Gasteiger partial charge in [-0.1, -0.05) is 50.2 Å². The number of hydrogen-bond donors (Lipinski definition) is 3. The Kier molecular flexibility index (Phi) is 7.65. The van der Waals surface area contributed by atoms with Crippen molar-refractivity contribution in [2.45, 2.75) is 45.4 Å². The van der Waals surface area contributed by atoms with Gasteiger partial charge in [-0.2, -0.15) is 0 Å². The summed E-state index contributed by atoms with van der Waals surface area (Å²) >= 11 is 0. The molecule has 2 amide bonds. The van der Waals surface area contributed by atoms with E-state index in [1.165, 1.54) is 0 Å². The molecule has 0 radical (unpaired) electrons. The van der Waals surface area contributed by atoms with Gasteiger partial charge in [-0.05, 0) is 36.6 Å². The molecule has 0 bridgehead atoms. The zero-order valence-corrected chi connectivity index (χ0v) is 17.7. The van der Waals surface area contributed by atoms with E-state index < -0.39 is 6.10 Å². The summed E-state index contributed by atoms with van der Waals surface area (Å²) in [6.45, 7) is 5.65. The van der Waals surface area contributed by atoms with Crippen molar-refractivity contribution in [2.24, 2.45) is 11.7 Å². The van der Waals surface area contributed by atoms with Crippen molar-refractivity contribution in [2.75, 3.05) is 5.32 Å². The number of carbonyl (C=O) groups excluding carboxylic acids is 2. The van der Waals surface area contributed by atoms with Crippen LogP contribution in [0, 0.1) is 5.92 Å². The van der Waals surface area contributed by atoms with Gasteiger partial charge in [0.25, 0.3) is 5.91 Å². The van der Waals surface area contributed by atoms with E-state index in [2.05, 4.69) is 10.6 Å². The minimum absolute atomic E-state index is 0. The molecular formula is C22H28ClN3O3. The van der Waals surface area contributed by atoms with E-state index in [-0.39, 0.29) is 42.2 Å². The zero-order valence-electron chi connectivity index (χ0n) is 16.8. The molecule has 0 saturated heterocycles. The lowest BCUT2D eigenvalue weighted by molar-refractivity contribution is -0.126. The van der Waals surface area contributed by atoms with Crippen LogP contribution in [0.1, 0.15) is 50.4 Å². The Balaban J connectivity index is 0.00000300. The number of carbonyl (C=O) groups is 2. The Morgan fingerprint density at radius 1 is 1.17 bits per heavy atom. The molecule has 6 nitrogen and oxygen atoms in total. The Morgan fingerprint density at radius 3 is 2.52 bits per heavy atom. The summed E-state index contributed by atoms with van der Waals surface area (Å²) in [5.74, 6) is 0.0108. The number of hydrogen-bond acceptors (Lipinski definition) is 4. The number of fused-ring (bicyclic) bond motifs is 1. The molecule has 3 rings (SSSR count). The summed E-state index contributed by atoms with van der Waals surface area (Å²) in [6.07, 6.45) is 0.105. The van der Waals surface area contributed by atoms with Crippen molar-refractivity contribution in [1.82, 2.24) is 5.32 Å². The predicted molar refractivity (Wildman–Crippen MR) is 116 cm³/mol. The van der Waals surface area contributed by atoms with Gasteiger partial charge in [0, 0.05) is 6.04 Å². The highest BCUT2D eigenvalue weighted by atomic mass is 35.5. The Morgan fingerprint density at radius 2 is 1.86 bits per heavy atom. The van der Waals surface area contributed by atoms with Crippen LogP contribution < -0.4 is 21.1 Å². The molecule has 4 N–H and O–H groups in total. The average molecular weight is 418 g/mol. The highest BCUT2D eigenvalue weighted by Gasteiger charge is 2.27. The second-order valence-electron chi connectivity index (χ2n) is 7.22. The number of ether oxygens (including phenoxy) is 1. The molecule has 0 saturated carbocycles. The van der Waals surface area contributed by atoms with E-state index in [1.807, 2.05) is 63.2 Å². The maximum atomic E-state index is 12.7. The molecule has 29 heavy (non-hydrogen) atoms. The molecule has 0 fully saturated rings. The number of nitrogens with one attached hydrogen (secondary N) is 2. The fourth-order valence-corrected chi connectivity index (χ4v) is 3.25. The van der Waals surface area contributed by atoms with Crippen LogP contribution in [-0.2, 0) is 9.59 Å². The number of benzene rings is 2. The van der Waals surface area contributed by atoms with Crippen molar-refractivity contribution in [1.29, 1.82) is 0 Å². The normalized spacial score (nSPS) is 18.2. The molecule has 4 unspecified atom stereocenters. The first kappa shape index (κ1) is 22.7. The number of rotatable bonds is 6. The maximum absolute atomic E-state index is 12.7. The van der Waals surface area contributed by atoms with E-state index in [9.17, 15) is 9.59 Å². The van der Waals surface area contributed by atoms with Crippen molar-refractivity contribution >= 4 is 29.9 Å². The summed E-state index contributed by atoms with van der Waals surface area (Å²) in [5.41, 5.74) is 8.75. The zero-order chi connectivity index (χ0) is 20.3. The number of amides is 2. The Labute approximate surface area is 177 Å². The smallest absolute Gasteiger partial charge is 0.265 e. The third kappa shape index (κ3) is 5.08. The van der Waals surface area contributed by atoms with Gasteiger partial charge in [0.15, 0.2) is 6.10 Å². The van der Waals surface area contributed by atoms with E-state index in [1.54, 1.807) is 6.07 Å². The molecule has 0 spiro atoms. The molecule has 1 heterocycles. The summed E-state index contributed by atoms with van der Waals surface area (Å²) in [6, 6.07) is 14.6. The molecule has 1 aliphatic heterocycles. The second kappa shape index (κ2) is 9.76.